The molecule has 1 aromatic carbocycles. The Morgan fingerprint density at radius 3 is 2.72 bits per heavy atom. The van der Waals surface area contributed by atoms with Crippen LogP contribution in [0.3, 0.4) is 0 Å². The number of nitrogens with zero attached hydrogens (tertiary/aromatic N) is 1. The fraction of sp³-hybridized carbons (Fsp3) is 0.214. The molecule has 0 N–H and O–H groups in total. The van der Waals surface area contributed by atoms with Gasteiger partial charge in [-0.15, -0.1) is 5.06 Å². The van der Waals surface area contributed by atoms with Gasteiger partial charge in [-0.2, -0.15) is 0 Å². The smallest absolute Gasteiger partial charge is 0.327 e. The van der Waals surface area contributed by atoms with Gasteiger partial charge in [0.05, 0.1) is 19.2 Å². The summed E-state index contributed by atoms with van der Waals surface area (Å²) < 4.78 is 5.36. The van der Waals surface area contributed by atoms with Gasteiger partial charge in [0.15, 0.2) is 0 Å². The van der Waals surface area contributed by atoms with Gasteiger partial charge < -0.3 is 9.25 Å². The first-order valence-corrected chi connectivity index (χ1v) is 5.88. The van der Waals surface area contributed by atoms with Crippen LogP contribution in [0.1, 0.15) is 23.8 Å². The quantitative estimate of drug-likeness (QED) is 0.831. The number of hydrogen-bond donors (Lipinski definition) is 0. The van der Waals surface area contributed by atoms with Crippen LogP contribution in [0.25, 0.3) is 0 Å². The van der Waals surface area contributed by atoms with E-state index in [1.54, 1.807) is 11.3 Å². The third-order valence-corrected chi connectivity index (χ3v) is 2.98. The molecule has 1 saturated heterocycles. The third-order valence-electron chi connectivity index (χ3n) is 2.98. The SMILES string of the molecule is O=C1CC(c2ccco2)N(Cc2ccccc2)O1. The maximum absolute atomic E-state index is 11.4. The second kappa shape index (κ2) is 4.66. The van der Waals surface area contributed by atoms with Crippen molar-refractivity contribution < 1.29 is 14.0 Å². The summed E-state index contributed by atoms with van der Waals surface area (Å²) in [5.74, 6) is 0.545. The van der Waals surface area contributed by atoms with Crippen molar-refractivity contribution in [2.45, 2.75) is 19.0 Å². The van der Waals surface area contributed by atoms with Crippen molar-refractivity contribution in [3.8, 4) is 0 Å². The second-order valence-electron chi connectivity index (χ2n) is 4.26. The lowest BCUT2D eigenvalue weighted by molar-refractivity contribution is -0.179. The maximum Gasteiger partial charge on any atom is 0.327 e. The first kappa shape index (κ1) is 11.0. The zero-order chi connectivity index (χ0) is 12.4. The second-order valence-corrected chi connectivity index (χ2v) is 4.26. The molecule has 1 unspecified atom stereocenters. The molecule has 1 fully saturated rings. The number of furan rings is 1. The Bertz CT molecular complexity index is 521. The Hall–Kier alpha value is -2.07. The molecule has 1 aliphatic rings. The molecule has 4 nitrogen and oxygen atoms in total. The zero-order valence-electron chi connectivity index (χ0n) is 9.78. The van der Waals surface area contributed by atoms with Crippen LogP contribution >= 0.6 is 0 Å². The van der Waals surface area contributed by atoms with Crippen molar-refractivity contribution in [3.63, 3.8) is 0 Å². The number of rotatable bonds is 3. The average molecular weight is 243 g/mol. The molecule has 0 saturated carbocycles. The van der Waals surface area contributed by atoms with Crippen LogP contribution in [0.5, 0.6) is 0 Å². The molecule has 0 aliphatic carbocycles. The van der Waals surface area contributed by atoms with E-state index in [0.29, 0.717) is 13.0 Å². The Morgan fingerprint density at radius 2 is 2.00 bits per heavy atom. The molecule has 92 valence electrons. The van der Waals surface area contributed by atoms with E-state index < -0.39 is 0 Å². The minimum absolute atomic E-state index is 0.132. The lowest BCUT2D eigenvalue weighted by Crippen LogP contribution is -2.21. The molecule has 2 heterocycles. The van der Waals surface area contributed by atoms with Gasteiger partial charge in [0.2, 0.25) is 0 Å². The predicted molar refractivity (Wildman–Crippen MR) is 64.1 cm³/mol. The molecule has 4 heteroatoms. The number of benzene rings is 1. The number of hydroxylamine groups is 2. The highest BCUT2D eigenvalue weighted by Crippen LogP contribution is 2.32. The van der Waals surface area contributed by atoms with Gasteiger partial charge in [-0.25, -0.2) is 0 Å². The Kier molecular flexibility index (Phi) is 2.86. The highest BCUT2D eigenvalue weighted by molar-refractivity contribution is 5.71. The Morgan fingerprint density at radius 1 is 1.17 bits per heavy atom. The van der Waals surface area contributed by atoms with E-state index in [1.165, 1.54) is 0 Å². The van der Waals surface area contributed by atoms with Gasteiger partial charge in [0.25, 0.3) is 0 Å². The maximum atomic E-state index is 11.4. The van der Waals surface area contributed by atoms with E-state index in [-0.39, 0.29) is 12.0 Å². The summed E-state index contributed by atoms with van der Waals surface area (Å²) in [6.45, 7) is 0.567. The Balaban J connectivity index is 1.80. The van der Waals surface area contributed by atoms with Crippen LogP contribution in [-0.4, -0.2) is 11.0 Å². The largest absolute Gasteiger partial charge is 0.468 e. The summed E-state index contributed by atoms with van der Waals surface area (Å²) in [7, 11) is 0. The van der Waals surface area contributed by atoms with Crippen molar-refractivity contribution in [1.29, 1.82) is 0 Å². The Labute approximate surface area is 105 Å². The van der Waals surface area contributed by atoms with Gasteiger partial charge >= 0.3 is 5.97 Å². The average Bonchev–Trinajstić information content (AvgIpc) is 3.00. The number of carbonyl (C=O) groups is 1. The van der Waals surface area contributed by atoms with Crippen LogP contribution in [0, 0.1) is 0 Å². The van der Waals surface area contributed by atoms with Crippen LogP contribution in [0.15, 0.2) is 53.1 Å². The summed E-state index contributed by atoms with van der Waals surface area (Å²) in [6.07, 6.45) is 1.94. The molecule has 1 atom stereocenters. The fourth-order valence-electron chi connectivity index (χ4n) is 2.12. The summed E-state index contributed by atoms with van der Waals surface area (Å²) in [5.41, 5.74) is 1.10. The van der Waals surface area contributed by atoms with Crippen LogP contribution in [0.2, 0.25) is 0 Å². The summed E-state index contributed by atoms with van der Waals surface area (Å²) in [5, 5.41) is 1.68. The minimum atomic E-state index is -0.215. The van der Waals surface area contributed by atoms with E-state index in [2.05, 4.69) is 0 Å². The van der Waals surface area contributed by atoms with Crippen molar-refractivity contribution in [1.82, 2.24) is 5.06 Å². The molecule has 0 radical (unpaired) electrons. The third kappa shape index (κ3) is 2.15. The van der Waals surface area contributed by atoms with E-state index in [4.69, 9.17) is 9.25 Å². The van der Waals surface area contributed by atoms with E-state index in [9.17, 15) is 4.79 Å². The molecular formula is C14H13NO3. The summed E-state index contributed by atoms with van der Waals surface area (Å²) >= 11 is 0. The van der Waals surface area contributed by atoms with E-state index in [1.807, 2.05) is 42.5 Å². The molecule has 1 aliphatic heterocycles. The normalized spacial score (nSPS) is 20.0. The first-order valence-electron chi connectivity index (χ1n) is 5.88. The van der Waals surface area contributed by atoms with Gasteiger partial charge in [0.1, 0.15) is 11.8 Å². The topological polar surface area (TPSA) is 42.7 Å². The lowest BCUT2D eigenvalue weighted by atomic mass is 10.1. The van der Waals surface area contributed by atoms with Crippen LogP contribution in [0.4, 0.5) is 0 Å². The van der Waals surface area contributed by atoms with Crippen molar-refractivity contribution >= 4 is 5.97 Å². The van der Waals surface area contributed by atoms with Gasteiger partial charge in [0, 0.05) is 0 Å². The zero-order valence-corrected chi connectivity index (χ0v) is 9.78. The van der Waals surface area contributed by atoms with Gasteiger partial charge in [-0.05, 0) is 17.7 Å². The summed E-state index contributed by atoms with van der Waals surface area (Å²) in [4.78, 5) is 16.7. The monoisotopic (exact) mass is 243 g/mol. The standard InChI is InChI=1S/C14H13NO3/c16-14-9-12(13-7-4-8-17-13)15(18-14)10-11-5-2-1-3-6-11/h1-8,12H,9-10H2. The molecular weight excluding hydrogens is 230 g/mol. The molecule has 0 spiro atoms. The molecule has 0 bridgehead atoms. The highest BCUT2D eigenvalue weighted by Gasteiger charge is 2.35. The minimum Gasteiger partial charge on any atom is -0.468 e. The van der Waals surface area contributed by atoms with Crippen LogP contribution in [-0.2, 0) is 16.2 Å². The van der Waals surface area contributed by atoms with E-state index in [0.717, 1.165) is 11.3 Å². The molecule has 1 aromatic heterocycles. The molecule has 2 aromatic rings. The first-order chi connectivity index (χ1) is 8.83. The number of hydrogen-bond acceptors (Lipinski definition) is 4. The predicted octanol–water partition coefficient (Wildman–Crippen LogP) is 2.68. The van der Waals surface area contributed by atoms with Crippen LogP contribution < -0.4 is 0 Å². The molecule has 0 amide bonds. The fourth-order valence-corrected chi connectivity index (χ4v) is 2.12. The van der Waals surface area contributed by atoms with E-state index >= 15 is 0 Å². The van der Waals surface area contributed by atoms with Crippen molar-refractivity contribution in [2.24, 2.45) is 0 Å². The van der Waals surface area contributed by atoms with Crippen molar-refractivity contribution in [3.05, 3.63) is 60.1 Å². The molecule has 18 heavy (non-hydrogen) atoms. The van der Waals surface area contributed by atoms with Gasteiger partial charge in [-0.1, -0.05) is 30.3 Å². The van der Waals surface area contributed by atoms with Crippen molar-refractivity contribution in [2.75, 3.05) is 0 Å². The van der Waals surface area contributed by atoms with Gasteiger partial charge in [-0.3, -0.25) is 4.79 Å². The highest BCUT2D eigenvalue weighted by atomic mass is 16.7. The summed E-state index contributed by atoms with van der Waals surface area (Å²) in [6, 6.07) is 13.5. The number of carbonyl (C=O) groups excluding carboxylic acids is 1. The molecule has 3 rings (SSSR count). The lowest BCUT2D eigenvalue weighted by Gasteiger charge is -2.19.